The standard InChI is InChI=1S/C14H16O6/c1-9(15)19-12-7-11(20-14(12)17)8-18-13(16)10-5-3-2-4-6-10/h2-6,11-12,14,17H,7-8H2,1H3/t11-,12?,14?/m0/s1. The van der Waals surface area contributed by atoms with Gasteiger partial charge in [0.25, 0.3) is 0 Å². The molecule has 0 amide bonds. The fourth-order valence-electron chi connectivity index (χ4n) is 1.97. The Labute approximate surface area is 116 Å². The van der Waals surface area contributed by atoms with Crippen LogP contribution < -0.4 is 0 Å². The topological polar surface area (TPSA) is 82.1 Å². The van der Waals surface area contributed by atoms with Crippen LogP contribution in [-0.2, 0) is 19.0 Å². The summed E-state index contributed by atoms with van der Waals surface area (Å²) < 4.78 is 15.2. The Kier molecular flexibility index (Phi) is 4.70. The number of carbonyl (C=O) groups excluding carboxylic acids is 2. The van der Waals surface area contributed by atoms with Crippen LogP contribution in [0.25, 0.3) is 0 Å². The zero-order valence-electron chi connectivity index (χ0n) is 11.0. The molecular formula is C14H16O6. The molecule has 1 heterocycles. The molecule has 0 spiro atoms. The van der Waals surface area contributed by atoms with Crippen molar-refractivity contribution in [2.75, 3.05) is 6.61 Å². The Morgan fingerprint density at radius 3 is 2.70 bits per heavy atom. The van der Waals surface area contributed by atoms with Crippen molar-refractivity contribution in [3.8, 4) is 0 Å². The van der Waals surface area contributed by atoms with Crippen LogP contribution in [-0.4, -0.2) is 42.1 Å². The molecule has 6 nitrogen and oxygen atoms in total. The molecule has 1 aromatic carbocycles. The van der Waals surface area contributed by atoms with Crippen molar-refractivity contribution < 1.29 is 28.9 Å². The van der Waals surface area contributed by atoms with Crippen LogP contribution >= 0.6 is 0 Å². The third kappa shape index (κ3) is 3.79. The van der Waals surface area contributed by atoms with Crippen molar-refractivity contribution in [2.24, 2.45) is 0 Å². The Bertz CT molecular complexity index is 472. The molecule has 0 aromatic heterocycles. The van der Waals surface area contributed by atoms with E-state index < -0.39 is 30.4 Å². The van der Waals surface area contributed by atoms with Gasteiger partial charge in [0.05, 0.1) is 11.7 Å². The molecule has 1 aliphatic rings. The zero-order valence-corrected chi connectivity index (χ0v) is 11.0. The Hall–Kier alpha value is -1.92. The summed E-state index contributed by atoms with van der Waals surface area (Å²) in [4.78, 5) is 22.5. The lowest BCUT2D eigenvalue weighted by molar-refractivity contribution is -0.168. The van der Waals surface area contributed by atoms with E-state index in [1.54, 1.807) is 30.3 Å². The second kappa shape index (κ2) is 6.49. The van der Waals surface area contributed by atoms with Crippen molar-refractivity contribution in [3.63, 3.8) is 0 Å². The van der Waals surface area contributed by atoms with E-state index in [9.17, 15) is 14.7 Å². The molecule has 1 N–H and O–H groups in total. The fourth-order valence-corrected chi connectivity index (χ4v) is 1.97. The summed E-state index contributed by atoms with van der Waals surface area (Å²) in [6.07, 6.45) is -2.09. The largest absolute Gasteiger partial charge is 0.459 e. The molecule has 2 rings (SSSR count). The Balaban J connectivity index is 1.81. The highest BCUT2D eigenvalue weighted by atomic mass is 16.7. The second-order valence-corrected chi connectivity index (χ2v) is 4.50. The van der Waals surface area contributed by atoms with Gasteiger partial charge in [-0.3, -0.25) is 4.79 Å². The van der Waals surface area contributed by atoms with Crippen LogP contribution in [0.1, 0.15) is 23.7 Å². The number of rotatable bonds is 4. The molecular weight excluding hydrogens is 264 g/mol. The molecule has 0 bridgehead atoms. The van der Waals surface area contributed by atoms with Gasteiger partial charge in [-0.15, -0.1) is 0 Å². The summed E-state index contributed by atoms with van der Waals surface area (Å²) in [6.45, 7) is 1.26. The third-order valence-corrected chi connectivity index (χ3v) is 2.87. The predicted octanol–water partition coefficient (Wildman–Crippen LogP) is 0.882. The monoisotopic (exact) mass is 280 g/mol. The molecule has 0 radical (unpaired) electrons. The summed E-state index contributed by atoms with van der Waals surface area (Å²) in [5, 5.41) is 9.55. The van der Waals surface area contributed by atoms with E-state index in [1.165, 1.54) is 6.92 Å². The van der Waals surface area contributed by atoms with Gasteiger partial charge in [-0.1, -0.05) is 18.2 Å². The van der Waals surface area contributed by atoms with Gasteiger partial charge in [-0.25, -0.2) is 4.79 Å². The first-order valence-electron chi connectivity index (χ1n) is 6.29. The Morgan fingerprint density at radius 1 is 1.35 bits per heavy atom. The van der Waals surface area contributed by atoms with Crippen molar-refractivity contribution in [3.05, 3.63) is 35.9 Å². The van der Waals surface area contributed by atoms with Gasteiger partial charge in [0.15, 0.2) is 12.4 Å². The van der Waals surface area contributed by atoms with E-state index >= 15 is 0 Å². The number of carbonyl (C=O) groups is 2. The molecule has 0 aliphatic carbocycles. The van der Waals surface area contributed by atoms with Crippen molar-refractivity contribution in [1.82, 2.24) is 0 Å². The summed E-state index contributed by atoms with van der Waals surface area (Å²) >= 11 is 0. The van der Waals surface area contributed by atoms with Gasteiger partial charge in [-0.2, -0.15) is 0 Å². The van der Waals surface area contributed by atoms with Crippen LogP contribution in [0, 0.1) is 0 Å². The number of aliphatic hydroxyl groups is 1. The number of esters is 2. The van der Waals surface area contributed by atoms with Crippen LogP contribution in [0.3, 0.4) is 0 Å². The molecule has 1 aliphatic heterocycles. The molecule has 3 atom stereocenters. The molecule has 108 valence electrons. The minimum Gasteiger partial charge on any atom is -0.459 e. The average Bonchev–Trinajstić information content (AvgIpc) is 2.77. The average molecular weight is 280 g/mol. The van der Waals surface area contributed by atoms with E-state index in [0.717, 1.165) is 0 Å². The quantitative estimate of drug-likeness (QED) is 0.825. The number of hydrogen-bond donors (Lipinski definition) is 1. The number of aliphatic hydroxyl groups excluding tert-OH is 1. The SMILES string of the molecule is CC(=O)OC1C[C@@H](COC(=O)c2ccccc2)OC1O. The molecule has 0 saturated carbocycles. The molecule has 1 fully saturated rings. The van der Waals surface area contributed by atoms with Crippen molar-refractivity contribution in [1.29, 1.82) is 0 Å². The number of benzene rings is 1. The van der Waals surface area contributed by atoms with Gasteiger partial charge in [0, 0.05) is 13.3 Å². The van der Waals surface area contributed by atoms with Crippen molar-refractivity contribution >= 4 is 11.9 Å². The van der Waals surface area contributed by atoms with Gasteiger partial charge >= 0.3 is 11.9 Å². The second-order valence-electron chi connectivity index (χ2n) is 4.50. The van der Waals surface area contributed by atoms with Crippen LogP contribution in [0.2, 0.25) is 0 Å². The normalized spacial score (nSPS) is 25.2. The fraction of sp³-hybridized carbons (Fsp3) is 0.429. The first-order valence-corrected chi connectivity index (χ1v) is 6.29. The highest BCUT2D eigenvalue weighted by Crippen LogP contribution is 2.22. The molecule has 20 heavy (non-hydrogen) atoms. The minimum atomic E-state index is -1.18. The zero-order chi connectivity index (χ0) is 14.5. The summed E-state index contributed by atoms with van der Waals surface area (Å²) in [5.74, 6) is -0.945. The smallest absolute Gasteiger partial charge is 0.338 e. The highest BCUT2D eigenvalue weighted by Gasteiger charge is 2.36. The maximum Gasteiger partial charge on any atom is 0.338 e. The number of ether oxygens (including phenoxy) is 3. The maximum absolute atomic E-state index is 11.7. The molecule has 2 unspecified atom stereocenters. The van der Waals surface area contributed by atoms with Gasteiger partial charge in [-0.05, 0) is 12.1 Å². The van der Waals surface area contributed by atoms with E-state index in [0.29, 0.717) is 12.0 Å². The lowest BCUT2D eigenvalue weighted by Crippen LogP contribution is -2.25. The maximum atomic E-state index is 11.7. The summed E-state index contributed by atoms with van der Waals surface area (Å²) in [7, 11) is 0. The third-order valence-electron chi connectivity index (χ3n) is 2.87. The van der Waals surface area contributed by atoms with Gasteiger partial charge < -0.3 is 19.3 Å². The molecule has 6 heteroatoms. The van der Waals surface area contributed by atoms with Crippen LogP contribution in [0.15, 0.2) is 30.3 Å². The molecule has 1 saturated heterocycles. The van der Waals surface area contributed by atoms with Crippen LogP contribution in [0.5, 0.6) is 0 Å². The first-order chi connectivity index (χ1) is 9.56. The van der Waals surface area contributed by atoms with Crippen LogP contribution in [0.4, 0.5) is 0 Å². The lowest BCUT2D eigenvalue weighted by atomic mass is 10.2. The Morgan fingerprint density at radius 2 is 2.05 bits per heavy atom. The van der Waals surface area contributed by atoms with Crippen molar-refractivity contribution in [2.45, 2.75) is 31.8 Å². The minimum absolute atomic E-state index is 0.00253. The van der Waals surface area contributed by atoms with E-state index in [2.05, 4.69) is 0 Å². The number of hydrogen-bond acceptors (Lipinski definition) is 6. The highest BCUT2D eigenvalue weighted by molar-refractivity contribution is 5.89. The first kappa shape index (κ1) is 14.5. The van der Waals surface area contributed by atoms with Gasteiger partial charge in [0.2, 0.25) is 0 Å². The van der Waals surface area contributed by atoms with Gasteiger partial charge in [0.1, 0.15) is 6.61 Å². The van der Waals surface area contributed by atoms with E-state index in [-0.39, 0.29) is 6.61 Å². The summed E-state index contributed by atoms with van der Waals surface area (Å²) in [6, 6.07) is 8.58. The molecule has 1 aromatic rings. The predicted molar refractivity (Wildman–Crippen MR) is 67.8 cm³/mol. The van der Waals surface area contributed by atoms with E-state index in [4.69, 9.17) is 14.2 Å². The van der Waals surface area contributed by atoms with E-state index in [1.807, 2.05) is 0 Å². The lowest BCUT2D eigenvalue weighted by Gasteiger charge is -2.11. The summed E-state index contributed by atoms with van der Waals surface area (Å²) in [5.41, 5.74) is 0.447.